The van der Waals surface area contributed by atoms with E-state index in [1.165, 1.54) is 4.88 Å². The average molecular weight is 356 g/mol. The zero-order valence-electron chi connectivity index (χ0n) is 11.8. The average Bonchev–Trinajstić information content (AvgIpc) is 2.87. The van der Waals surface area contributed by atoms with Gasteiger partial charge in [0.15, 0.2) is 11.5 Å². The Morgan fingerprint density at radius 3 is 2.70 bits per heavy atom. The molecule has 1 unspecified atom stereocenters. The summed E-state index contributed by atoms with van der Waals surface area (Å²) in [5.74, 6) is 1.51. The molecule has 0 aliphatic carbocycles. The smallest absolute Gasteiger partial charge is 0.162 e. The second kappa shape index (κ2) is 6.99. The number of hydrogen-bond donors (Lipinski definition) is 1. The SMILES string of the molecule is CCOc1ccc(NC(C)c2sccc2Br)cc1OC. The van der Waals surface area contributed by atoms with E-state index in [4.69, 9.17) is 9.47 Å². The molecule has 0 saturated heterocycles. The Labute approximate surface area is 132 Å². The third kappa shape index (κ3) is 3.46. The number of methoxy groups -OCH3 is 1. The molecule has 20 heavy (non-hydrogen) atoms. The highest BCUT2D eigenvalue weighted by atomic mass is 79.9. The lowest BCUT2D eigenvalue weighted by Gasteiger charge is -2.16. The van der Waals surface area contributed by atoms with Crippen LogP contribution in [0.25, 0.3) is 0 Å². The van der Waals surface area contributed by atoms with Crippen molar-refractivity contribution in [3.63, 3.8) is 0 Å². The Balaban J connectivity index is 2.15. The molecule has 1 aromatic heterocycles. The van der Waals surface area contributed by atoms with Crippen molar-refractivity contribution in [1.29, 1.82) is 0 Å². The Morgan fingerprint density at radius 2 is 2.10 bits per heavy atom. The topological polar surface area (TPSA) is 30.5 Å². The van der Waals surface area contributed by atoms with Crippen LogP contribution >= 0.6 is 27.3 Å². The first-order valence-electron chi connectivity index (χ1n) is 6.46. The van der Waals surface area contributed by atoms with Crippen LogP contribution in [0.5, 0.6) is 11.5 Å². The Hall–Kier alpha value is -1.20. The highest BCUT2D eigenvalue weighted by Crippen LogP contribution is 2.34. The fourth-order valence-electron chi connectivity index (χ4n) is 1.96. The third-order valence-corrected chi connectivity index (χ3v) is 4.94. The number of nitrogens with one attached hydrogen (secondary N) is 1. The van der Waals surface area contributed by atoms with Crippen molar-refractivity contribution in [2.75, 3.05) is 19.0 Å². The van der Waals surface area contributed by atoms with Crippen LogP contribution in [0.1, 0.15) is 24.8 Å². The zero-order valence-corrected chi connectivity index (χ0v) is 14.2. The summed E-state index contributed by atoms with van der Waals surface area (Å²) in [6.07, 6.45) is 0. The Bertz CT molecular complexity index is 571. The van der Waals surface area contributed by atoms with Gasteiger partial charge in [-0.25, -0.2) is 0 Å². The summed E-state index contributed by atoms with van der Waals surface area (Å²) in [6.45, 7) is 4.73. The van der Waals surface area contributed by atoms with Crippen molar-refractivity contribution in [2.24, 2.45) is 0 Å². The summed E-state index contributed by atoms with van der Waals surface area (Å²) < 4.78 is 12.0. The van der Waals surface area contributed by atoms with E-state index in [1.54, 1.807) is 18.4 Å². The van der Waals surface area contributed by atoms with Crippen LogP contribution in [0.3, 0.4) is 0 Å². The lowest BCUT2D eigenvalue weighted by Crippen LogP contribution is -2.06. The van der Waals surface area contributed by atoms with Gasteiger partial charge in [-0.1, -0.05) is 0 Å². The largest absolute Gasteiger partial charge is 0.493 e. The summed E-state index contributed by atoms with van der Waals surface area (Å²) in [5, 5.41) is 5.55. The van der Waals surface area contributed by atoms with E-state index in [0.29, 0.717) is 6.61 Å². The highest BCUT2D eigenvalue weighted by molar-refractivity contribution is 9.10. The summed E-state index contributed by atoms with van der Waals surface area (Å²) in [5.41, 5.74) is 1.01. The van der Waals surface area contributed by atoms with Crippen LogP contribution in [0.15, 0.2) is 34.1 Å². The Morgan fingerprint density at radius 1 is 1.30 bits per heavy atom. The number of rotatable bonds is 6. The second-order valence-electron chi connectivity index (χ2n) is 4.30. The van der Waals surface area contributed by atoms with Gasteiger partial charge in [0, 0.05) is 21.1 Å². The van der Waals surface area contributed by atoms with Crippen LogP contribution in [-0.2, 0) is 0 Å². The molecule has 0 fully saturated rings. The number of anilines is 1. The second-order valence-corrected chi connectivity index (χ2v) is 6.10. The molecule has 0 bridgehead atoms. The summed E-state index contributed by atoms with van der Waals surface area (Å²) >= 11 is 5.30. The van der Waals surface area contributed by atoms with Crippen LogP contribution < -0.4 is 14.8 Å². The van der Waals surface area contributed by atoms with E-state index >= 15 is 0 Å². The molecule has 1 atom stereocenters. The minimum Gasteiger partial charge on any atom is -0.493 e. The van der Waals surface area contributed by atoms with E-state index in [9.17, 15) is 0 Å². The van der Waals surface area contributed by atoms with Gasteiger partial charge in [0.1, 0.15) is 0 Å². The highest BCUT2D eigenvalue weighted by Gasteiger charge is 2.12. The minimum absolute atomic E-state index is 0.229. The van der Waals surface area contributed by atoms with Crippen molar-refractivity contribution in [1.82, 2.24) is 0 Å². The van der Waals surface area contributed by atoms with E-state index in [-0.39, 0.29) is 6.04 Å². The molecule has 1 heterocycles. The maximum atomic E-state index is 5.52. The first kappa shape index (κ1) is 15.2. The van der Waals surface area contributed by atoms with E-state index in [0.717, 1.165) is 21.7 Å². The first-order valence-corrected chi connectivity index (χ1v) is 8.13. The Kier molecular flexibility index (Phi) is 5.31. The molecule has 2 rings (SSSR count). The molecule has 0 aliphatic heterocycles. The number of benzene rings is 1. The molecule has 0 spiro atoms. The monoisotopic (exact) mass is 355 g/mol. The molecular formula is C15H18BrNO2S. The number of ether oxygens (including phenoxy) is 2. The lowest BCUT2D eigenvalue weighted by atomic mass is 10.2. The summed E-state index contributed by atoms with van der Waals surface area (Å²) in [4.78, 5) is 1.28. The van der Waals surface area contributed by atoms with E-state index in [1.807, 2.05) is 25.1 Å². The number of hydrogen-bond acceptors (Lipinski definition) is 4. The minimum atomic E-state index is 0.229. The van der Waals surface area contributed by atoms with Crippen molar-refractivity contribution in [3.05, 3.63) is 39.0 Å². The van der Waals surface area contributed by atoms with Gasteiger partial charge in [-0.3, -0.25) is 0 Å². The first-order chi connectivity index (χ1) is 9.65. The maximum Gasteiger partial charge on any atom is 0.162 e. The van der Waals surface area contributed by atoms with Gasteiger partial charge in [0.2, 0.25) is 0 Å². The molecule has 3 nitrogen and oxygen atoms in total. The third-order valence-electron chi connectivity index (χ3n) is 2.88. The van der Waals surface area contributed by atoms with E-state index < -0.39 is 0 Å². The molecule has 1 N–H and O–H groups in total. The van der Waals surface area contributed by atoms with Gasteiger partial charge < -0.3 is 14.8 Å². The molecular weight excluding hydrogens is 338 g/mol. The fraction of sp³-hybridized carbons (Fsp3) is 0.333. The predicted octanol–water partition coefficient (Wildman–Crippen LogP) is 5.09. The van der Waals surface area contributed by atoms with Gasteiger partial charge in [0.05, 0.1) is 19.8 Å². The van der Waals surface area contributed by atoms with Gasteiger partial charge in [-0.15, -0.1) is 11.3 Å². The number of thiophene rings is 1. The molecule has 2 aromatic rings. The molecule has 0 saturated carbocycles. The van der Waals surface area contributed by atoms with Crippen LogP contribution in [0.4, 0.5) is 5.69 Å². The standard InChI is InChI=1S/C15H18BrNO2S/c1-4-19-13-6-5-11(9-14(13)18-3)17-10(2)15-12(16)7-8-20-15/h5-10,17H,4H2,1-3H3. The van der Waals surface area contributed by atoms with Crippen molar-refractivity contribution < 1.29 is 9.47 Å². The van der Waals surface area contributed by atoms with Gasteiger partial charge in [0.25, 0.3) is 0 Å². The summed E-state index contributed by atoms with van der Waals surface area (Å²) in [7, 11) is 1.65. The van der Waals surface area contributed by atoms with E-state index in [2.05, 4.69) is 39.6 Å². The van der Waals surface area contributed by atoms with Gasteiger partial charge in [-0.05, 0) is 53.4 Å². The quantitative estimate of drug-likeness (QED) is 0.782. The lowest BCUT2D eigenvalue weighted by molar-refractivity contribution is 0.311. The fourth-order valence-corrected chi connectivity index (χ4v) is 3.69. The van der Waals surface area contributed by atoms with Gasteiger partial charge in [-0.2, -0.15) is 0 Å². The molecule has 1 aromatic carbocycles. The van der Waals surface area contributed by atoms with Crippen LogP contribution in [-0.4, -0.2) is 13.7 Å². The van der Waals surface area contributed by atoms with Crippen molar-refractivity contribution in [2.45, 2.75) is 19.9 Å². The van der Waals surface area contributed by atoms with Crippen molar-refractivity contribution >= 4 is 33.0 Å². The summed E-state index contributed by atoms with van der Waals surface area (Å²) in [6, 6.07) is 8.19. The molecule has 108 valence electrons. The van der Waals surface area contributed by atoms with Crippen LogP contribution in [0.2, 0.25) is 0 Å². The molecule has 0 aliphatic rings. The molecule has 5 heteroatoms. The van der Waals surface area contributed by atoms with Gasteiger partial charge >= 0.3 is 0 Å². The zero-order chi connectivity index (χ0) is 14.5. The molecule has 0 amide bonds. The predicted molar refractivity (Wildman–Crippen MR) is 88.2 cm³/mol. The van der Waals surface area contributed by atoms with Crippen LogP contribution in [0, 0.1) is 0 Å². The maximum absolute atomic E-state index is 5.52. The normalized spacial score (nSPS) is 12.0. The molecule has 0 radical (unpaired) electrons. The van der Waals surface area contributed by atoms with Crippen molar-refractivity contribution in [3.8, 4) is 11.5 Å². The number of halogens is 1.